The summed E-state index contributed by atoms with van der Waals surface area (Å²) in [6.45, 7) is 0. The normalized spacial score (nSPS) is 30.4. The molecule has 1 saturated heterocycles. The minimum absolute atomic E-state index is 0.0498. The van der Waals surface area contributed by atoms with Crippen LogP contribution in [0.1, 0.15) is 12.8 Å². The van der Waals surface area contributed by atoms with Gasteiger partial charge in [0, 0.05) is 19.3 Å². The van der Waals surface area contributed by atoms with Gasteiger partial charge in [-0.15, -0.1) is 0 Å². The maximum Gasteiger partial charge on any atom is 0.170 e. The third-order valence-corrected chi connectivity index (χ3v) is 1.91. The number of methoxy groups -OCH3 is 1. The fourth-order valence-corrected chi connectivity index (χ4v) is 1.35. The average molecular weight is 134 g/mol. The summed E-state index contributed by atoms with van der Waals surface area (Å²) >= 11 is 1.50. The smallest absolute Gasteiger partial charge is 0.170 e. The monoisotopic (exact) mass is 134 g/mol. The van der Waals surface area contributed by atoms with Gasteiger partial charge in [0.05, 0.1) is 0 Å². The van der Waals surface area contributed by atoms with Gasteiger partial charge in [0.25, 0.3) is 0 Å². The van der Waals surface area contributed by atoms with Crippen LogP contribution in [0.15, 0.2) is 0 Å². The van der Waals surface area contributed by atoms with Crippen LogP contribution in [0.2, 0.25) is 0 Å². The van der Waals surface area contributed by atoms with Crippen LogP contribution < -0.4 is 0 Å². The van der Waals surface area contributed by atoms with E-state index in [1.807, 2.05) is 0 Å². The van der Waals surface area contributed by atoms with Crippen molar-refractivity contribution in [3.05, 3.63) is 0 Å². The van der Waals surface area contributed by atoms with E-state index in [2.05, 4.69) is 0 Å². The molecule has 1 rings (SSSR count). The summed E-state index contributed by atoms with van der Waals surface area (Å²) in [5.74, 6) is 1.11. The van der Waals surface area contributed by atoms with Gasteiger partial charge >= 0.3 is 0 Å². The zero-order valence-corrected chi connectivity index (χ0v) is 5.74. The molecule has 1 unspecified atom stereocenters. The molecule has 0 aromatic heterocycles. The van der Waals surface area contributed by atoms with E-state index in [-0.39, 0.29) is 6.29 Å². The molecule has 0 aromatic carbocycles. The Labute approximate surface area is 53.8 Å². The fourth-order valence-electron chi connectivity index (χ4n) is 0.638. The number of hydrogen-bond acceptors (Lipinski definition) is 3. The summed E-state index contributed by atoms with van der Waals surface area (Å²) in [6, 6.07) is 0. The van der Waals surface area contributed by atoms with Gasteiger partial charge in [-0.25, -0.2) is 0 Å². The highest BCUT2D eigenvalue weighted by Gasteiger charge is 2.12. The number of rotatable bonds is 1. The Bertz CT molecular complexity index is 61.4. The standard InChI is InChI=1S/C5H10O2S/c1-6-5-3-2-4-8-7-5/h5H,2-4H2,1H3. The van der Waals surface area contributed by atoms with Crippen LogP contribution in [-0.2, 0) is 8.92 Å². The highest BCUT2D eigenvalue weighted by atomic mass is 32.2. The van der Waals surface area contributed by atoms with Gasteiger partial charge in [0.2, 0.25) is 0 Å². The lowest BCUT2D eigenvalue weighted by Crippen LogP contribution is -2.15. The van der Waals surface area contributed by atoms with E-state index in [1.54, 1.807) is 7.11 Å². The van der Waals surface area contributed by atoms with Gasteiger partial charge in [-0.1, -0.05) is 0 Å². The number of ether oxygens (including phenoxy) is 1. The van der Waals surface area contributed by atoms with Gasteiger partial charge < -0.3 is 4.74 Å². The summed E-state index contributed by atoms with van der Waals surface area (Å²) in [6.07, 6.45) is 2.31. The maximum absolute atomic E-state index is 5.12. The molecular weight excluding hydrogens is 124 g/mol. The van der Waals surface area contributed by atoms with Crippen LogP contribution >= 0.6 is 12.0 Å². The molecule has 1 atom stereocenters. The van der Waals surface area contributed by atoms with E-state index in [1.165, 1.54) is 18.5 Å². The Balaban J connectivity index is 2.13. The van der Waals surface area contributed by atoms with E-state index < -0.39 is 0 Å². The van der Waals surface area contributed by atoms with Crippen LogP contribution in [0.3, 0.4) is 0 Å². The van der Waals surface area contributed by atoms with E-state index >= 15 is 0 Å². The molecule has 2 nitrogen and oxygen atoms in total. The molecule has 0 aromatic rings. The van der Waals surface area contributed by atoms with Crippen molar-refractivity contribution in [2.75, 3.05) is 12.9 Å². The molecule has 0 aliphatic carbocycles. The quantitative estimate of drug-likeness (QED) is 0.505. The van der Waals surface area contributed by atoms with Crippen LogP contribution in [-0.4, -0.2) is 19.2 Å². The molecule has 0 amide bonds. The van der Waals surface area contributed by atoms with Crippen molar-refractivity contribution >= 4 is 12.0 Å². The van der Waals surface area contributed by atoms with Crippen molar-refractivity contribution in [2.45, 2.75) is 19.1 Å². The van der Waals surface area contributed by atoms with E-state index in [9.17, 15) is 0 Å². The summed E-state index contributed by atoms with van der Waals surface area (Å²) in [7, 11) is 1.68. The average Bonchev–Trinajstić information content (AvgIpc) is 1.90. The van der Waals surface area contributed by atoms with Gasteiger partial charge in [-0.3, -0.25) is 4.18 Å². The fraction of sp³-hybridized carbons (Fsp3) is 1.00. The molecule has 0 N–H and O–H groups in total. The van der Waals surface area contributed by atoms with E-state index in [4.69, 9.17) is 8.92 Å². The molecule has 1 aliphatic heterocycles. The van der Waals surface area contributed by atoms with Gasteiger partial charge in [-0.05, 0) is 18.5 Å². The van der Waals surface area contributed by atoms with Crippen molar-refractivity contribution in [2.24, 2.45) is 0 Å². The van der Waals surface area contributed by atoms with Crippen molar-refractivity contribution in [3.63, 3.8) is 0 Å². The van der Waals surface area contributed by atoms with Crippen LogP contribution in [0.25, 0.3) is 0 Å². The third kappa shape index (κ3) is 1.65. The lowest BCUT2D eigenvalue weighted by Gasteiger charge is -2.18. The van der Waals surface area contributed by atoms with Crippen LogP contribution in [0.5, 0.6) is 0 Å². The molecule has 0 bridgehead atoms. The number of hydrogen-bond donors (Lipinski definition) is 0. The van der Waals surface area contributed by atoms with Crippen molar-refractivity contribution in [1.82, 2.24) is 0 Å². The third-order valence-electron chi connectivity index (χ3n) is 1.11. The Hall–Kier alpha value is 0.270. The summed E-state index contributed by atoms with van der Waals surface area (Å²) in [4.78, 5) is 0. The van der Waals surface area contributed by atoms with Crippen molar-refractivity contribution < 1.29 is 8.92 Å². The van der Waals surface area contributed by atoms with Gasteiger partial charge in [0.15, 0.2) is 6.29 Å². The highest BCUT2D eigenvalue weighted by Crippen LogP contribution is 2.20. The van der Waals surface area contributed by atoms with Crippen molar-refractivity contribution in [1.29, 1.82) is 0 Å². The largest absolute Gasteiger partial charge is 0.355 e. The summed E-state index contributed by atoms with van der Waals surface area (Å²) in [5.41, 5.74) is 0. The zero-order valence-electron chi connectivity index (χ0n) is 4.92. The highest BCUT2D eigenvalue weighted by molar-refractivity contribution is 7.94. The Morgan fingerprint density at radius 1 is 1.75 bits per heavy atom. The lowest BCUT2D eigenvalue weighted by atomic mass is 10.3. The molecule has 3 heteroatoms. The minimum atomic E-state index is 0.0498. The Kier molecular flexibility index (Phi) is 2.66. The van der Waals surface area contributed by atoms with Crippen LogP contribution in [0, 0.1) is 0 Å². The molecule has 0 spiro atoms. The molecule has 0 radical (unpaired) electrons. The molecular formula is C5H10O2S. The molecule has 0 saturated carbocycles. The molecule has 1 aliphatic rings. The first-order valence-corrected chi connectivity index (χ1v) is 3.65. The van der Waals surface area contributed by atoms with E-state index in [0.717, 1.165) is 12.2 Å². The maximum atomic E-state index is 5.12. The van der Waals surface area contributed by atoms with Gasteiger partial charge in [-0.2, -0.15) is 0 Å². The summed E-state index contributed by atoms with van der Waals surface area (Å²) in [5, 5.41) is 0. The van der Waals surface area contributed by atoms with E-state index in [0.29, 0.717) is 0 Å². The second kappa shape index (κ2) is 3.33. The first kappa shape index (κ1) is 6.39. The zero-order chi connectivity index (χ0) is 5.82. The minimum Gasteiger partial charge on any atom is -0.355 e. The predicted octanol–water partition coefficient (Wildman–Crippen LogP) is 1.42. The lowest BCUT2D eigenvalue weighted by molar-refractivity contribution is -0.0506. The molecule has 48 valence electrons. The topological polar surface area (TPSA) is 18.5 Å². The van der Waals surface area contributed by atoms with Crippen molar-refractivity contribution in [3.8, 4) is 0 Å². The Morgan fingerprint density at radius 2 is 2.62 bits per heavy atom. The van der Waals surface area contributed by atoms with Gasteiger partial charge in [0.1, 0.15) is 0 Å². The first-order chi connectivity index (χ1) is 3.93. The second-order valence-electron chi connectivity index (χ2n) is 1.73. The SMILES string of the molecule is COC1CCCSO1. The Morgan fingerprint density at radius 3 is 3.00 bits per heavy atom. The second-order valence-corrected chi connectivity index (χ2v) is 2.56. The first-order valence-electron chi connectivity index (χ1n) is 2.74. The van der Waals surface area contributed by atoms with Crippen LogP contribution in [0.4, 0.5) is 0 Å². The summed E-state index contributed by atoms with van der Waals surface area (Å²) < 4.78 is 10.1. The predicted molar refractivity (Wildman–Crippen MR) is 33.6 cm³/mol. The molecule has 8 heavy (non-hydrogen) atoms. The molecule has 1 fully saturated rings. The molecule has 1 heterocycles.